The number of furan rings is 1. The number of nitrogens with zero attached hydrogens (tertiary/aromatic N) is 1. The van der Waals surface area contributed by atoms with Gasteiger partial charge in [0.25, 0.3) is 11.7 Å². The first-order valence-electron chi connectivity index (χ1n) is 9.71. The highest BCUT2D eigenvalue weighted by atomic mass is 16.5. The second-order valence-electron chi connectivity index (χ2n) is 6.95. The van der Waals surface area contributed by atoms with Crippen LogP contribution in [-0.4, -0.2) is 38.1 Å². The van der Waals surface area contributed by atoms with Crippen molar-refractivity contribution in [2.45, 2.75) is 6.04 Å². The summed E-state index contributed by atoms with van der Waals surface area (Å²) in [6.07, 6.45) is 1.44. The third-order valence-electron chi connectivity index (χ3n) is 5.27. The van der Waals surface area contributed by atoms with E-state index >= 15 is 0 Å². The Bertz CT molecular complexity index is 1180. The third-order valence-corrected chi connectivity index (χ3v) is 5.27. The van der Waals surface area contributed by atoms with Crippen LogP contribution in [0.2, 0.25) is 0 Å². The van der Waals surface area contributed by atoms with Crippen LogP contribution in [0.5, 0.6) is 17.2 Å². The van der Waals surface area contributed by atoms with Gasteiger partial charge in [0.05, 0.1) is 38.7 Å². The van der Waals surface area contributed by atoms with Crippen molar-refractivity contribution in [1.82, 2.24) is 0 Å². The SMILES string of the molecule is COc1ccc(N2C(=O)C(=O)/C(=C(\O)c3ccc(OC)cc3OC)C2c2ccco2)cc1. The van der Waals surface area contributed by atoms with Crippen LogP contribution in [0, 0.1) is 0 Å². The van der Waals surface area contributed by atoms with Gasteiger partial charge in [0, 0.05) is 11.8 Å². The van der Waals surface area contributed by atoms with Gasteiger partial charge in [-0.1, -0.05) is 0 Å². The first kappa shape index (κ1) is 21.0. The number of methoxy groups -OCH3 is 3. The molecule has 1 aliphatic rings. The molecular weight excluding hydrogens is 414 g/mol. The number of amides is 1. The average molecular weight is 435 g/mol. The summed E-state index contributed by atoms with van der Waals surface area (Å²) in [5.41, 5.74) is 0.594. The van der Waals surface area contributed by atoms with Crippen molar-refractivity contribution < 1.29 is 33.3 Å². The Labute approximate surface area is 184 Å². The molecule has 164 valence electrons. The predicted octanol–water partition coefficient (Wildman–Crippen LogP) is 3.93. The Hall–Kier alpha value is -4.20. The van der Waals surface area contributed by atoms with Crippen molar-refractivity contribution in [3.05, 3.63) is 77.8 Å². The number of aliphatic hydroxyl groups excluding tert-OH is 1. The van der Waals surface area contributed by atoms with E-state index in [1.807, 2.05) is 0 Å². The van der Waals surface area contributed by atoms with Gasteiger partial charge in [-0.3, -0.25) is 14.5 Å². The number of carbonyl (C=O) groups excluding carboxylic acids is 2. The summed E-state index contributed by atoms with van der Waals surface area (Å²) in [6, 6.07) is 13.8. The van der Waals surface area contributed by atoms with Gasteiger partial charge in [0.15, 0.2) is 0 Å². The summed E-state index contributed by atoms with van der Waals surface area (Å²) in [4.78, 5) is 27.5. The molecule has 3 aromatic rings. The number of aliphatic hydroxyl groups is 1. The lowest BCUT2D eigenvalue weighted by atomic mass is 9.98. The maximum atomic E-state index is 13.1. The Morgan fingerprint density at radius 2 is 1.62 bits per heavy atom. The summed E-state index contributed by atoms with van der Waals surface area (Å²) >= 11 is 0. The number of ether oxygens (including phenoxy) is 3. The van der Waals surface area contributed by atoms with Crippen LogP contribution in [0.3, 0.4) is 0 Å². The van der Waals surface area contributed by atoms with E-state index in [4.69, 9.17) is 18.6 Å². The first-order chi connectivity index (χ1) is 15.5. The van der Waals surface area contributed by atoms with Crippen LogP contribution >= 0.6 is 0 Å². The Balaban J connectivity index is 1.91. The molecule has 8 nitrogen and oxygen atoms in total. The van der Waals surface area contributed by atoms with Crippen LogP contribution in [0.4, 0.5) is 5.69 Å². The zero-order valence-corrected chi connectivity index (χ0v) is 17.7. The number of rotatable bonds is 6. The molecule has 0 radical (unpaired) electrons. The van der Waals surface area contributed by atoms with Crippen LogP contribution < -0.4 is 19.1 Å². The van der Waals surface area contributed by atoms with Crippen molar-refractivity contribution in [2.75, 3.05) is 26.2 Å². The lowest BCUT2D eigenvalue weighted by molar-refractivity contribution is -0.132. The zero-order valence-electron chi connectivity index (χ0n) is 17.7. The fraction of sp³-hybridized carbons (Fsp3) is 0.167. The molecule has 1 fully saturated rings. The standard InChI is InChI=1S/C24H21NO7/c1-29-15-8-6-14(7-9-15)25-21(18-5-4-12-32-18)20(23(27)24(25)28)22(26)17-11-10-16(30-2)13-19(17)31-3/h4-13,21,26H,1-3H3/b22-20-. The van der Waals surface area contributed by atoms with E-state index in [-0.39, 0.29) is 22.6 Å². The van der Waals surface area contributed by atoms with Gasteiger partial charge in [0.2, 0.25) is 0 Å². The van der Waals surface area contributed by atoms with Gasteiger partial charge in [-0.05, 0) is 48.5 Å². The largest absolute Gasteiger partial charge is 0.507 e. The quantitative estimate of drug-likeness (QED) is 0.356. The third kappa shape index (κ3) is 3.45. The van der Waals surface area contributed by atoms with E-state index in [1.54, 1.807) is 54.6 Å². The maximum Gasteiger partial charge on any atom is 0.300 e. The topological polar surface area (TPSA) is 98.4 Å². The van der Waals surface area contributed by atoms with Gasteiger partial charge < -0.3 is 23.7 Å². The molecule has 0 spiro atoms. The minimum absolute atomic E-state index is 0.107. The van der Waals surface area contributed by atoms with Crippen LogP contribution in [0.1, 0.15) is 17.4 Å². The number of benzene rings is 2. The van der Waals surface area contributed by atoms with E-state index in [2.05, 4.69) is 0 Å². The minimum atomic E-state index is -0.967. The molecule has 2 heterocycles. The highest BCUT2D eigenvalue weighted by Gasteiger charge is 2.48. The van der Waals surface area contributed by atoms with Gasteiger partial charge in [0.1, 0.15) is 34.8 Å². The zero-order chi connectivity index (χ0) is 22.8. The summed E-state index contributed by atoms with van der Waals surface area (Å²) < 4.78 is 21.3. The van der Waals surface area contributed by atoms with Crippen LogP contribution in [0.25, 0.3) is 5.76 Å². The van der Waals surface area contributed by atoms with Crippen molar-refractivity contribution in [2.24, 2.45) is 0 Å². The summed E-state index contributed by atoms with van der Waals surface area (Å²) in [7, 11) is 4.48. The molecule has 0 bridgehead atoms. The van der Waals surface area contributed by atoms with E-state index in [0.29, 0.717) is 22.9 Å². The molecule has 2 aromatic carbocycles. The molecule has 1 aromatic heterocycles. The lowest BCUT2D eigenvalue weighted by Crippen LogP contribution is -2.29. The van der Waals surface area contributed by atoms with Gasteiger partial charge in [-0.25, -0.2) is 0 Å². The minimum Gasteiger partial charge on any atom is -0.507 e. The predicted molar refractivity (Wildman–Crippen MR) is 116 cm³/mol. The normalized spacial score (nSPS) is 17.5. The van der Waals surface area contributed by atoms with Gasteiger partial charge in [-0.15, -0.1) is 0 Å². The van der Waals surface area contributed by atoms with Crippen LogP contribution in [0.15, 0.2) is 70.9 Å². The molecule has 0 aliphatic carbocycles. The Morgan fingerprint density at radius 1 is 0.938 bits per heavy atom. The number of ketones is 1. The van der Waals surface area contributed by atoms with Crippen molar-refractivity contribution in [3.8, 4) is 17.2 Å². The molecule has 4 rings (SSSR count). The first-order valence-corrected chi connectivity index (χ1v) is 9.71. The van der Waals surface area contributed by atoms with E-state index < -0.39 is 17.7 Å². The molecule has 1 N–H and O–H groups in total. The van der Waals surface area contributed by atoms with Crippen molar-refractivity contribution >= 4 is 23.1 Å². The second kappa shape index (κ2) is 8.50. The summed E-state index contributed by atoms with van der Waals surface area (Å²) in [6.45, 7) is 0. The molecule has 8 heteroatoms. The maximum absolute atomic E-state index is 13.1. The number of hydrogen-bond donors (Lipinski definition) is 1. The average Bonchev–Trinajstić information content (AvgIpc) is 3.45. The molecule has 0 saturated carbocycles. The fourth-order valence-corrected chi connectivity index (χ4v) is 3.70. The highest BCUT2D eigenvalue weighted by molar-refractivity contribution is 6.51. The fourth-order valence-electron chi connectivity index (χ4n) is 3.70. The van der Waals surface area contributed by atoms with Crippen molar-refractivity contribution in [1.29, 1.82) is 0 Å². The summed E-state index contributed by atoms with van der Waals surface area (Å²) in [5.74, 6) is -0.268. The number of anilines is 1. The Morgan fingerprint density at radius 3 is 2.22 bits per heavy atom. The molecule has 1 saturated heterocycles. The molecule has 1 aliphatic heterocycles. The van der Waals surface area contributed by atoms with Gasteiger partial charge in [-0.2, -0.15) is 0 Å². The number of hydrogen-bond acceptors (Lipinski definition) is 7. The van der Waals surface area contributed by atoms with Gasteiger partial charge >= 0.3 is 0 Å². The number of Topliss-reactive ketones (excluding diaryl/α,β-unsaturated/α-hetero) is 1. The van der Waals surface area contributed by atoms with E-state index in [9.17, 15) is 14.7 Å². The second-order valence-corrected chi connectivity index (χ2v) is 6.95. The Kier molecular flexibility index (Phi) is 5.59. The van der Waals surface area contributed by atoms with Crippen LogP contribution in [-0.2, 0) is 9.59 Å². The molecule has 1 unspecified atom stereocenters. The highest BCUT2D eigenvalue weighted by Crippen LogP contribution is 2.44. The lowest BCUT2D eigenvalue weighted by Gasteiger charge is -2.23. The van der Waals surface area contributed by atoms with E-state index in [0.717, 1.165) is 0 Å². The molecule has 32 heavy (non-hydrogen) atoms. The van der Waals surface area contributed by atoms with Crippen molar-refractivity contribution in [3.63, 3.8) is 0 Å². The molecule has 1 atom stereocenters. The molecular formula is C24H21NO7. The smallest absolute Gasteiger partial charge is 0.300 e. The number of carbonyl (C=O) groups is 2. The molecule has 1 amide bonds. The summed E-state index contributed by atoms with van der Waals surface area (Å²) in [5, 5.41) is 11.2. The monoisotopic (exact) mass is 435 g/mol. The van der Waals surface area contributed by atoms with E-state index in [1.165, 1.54) is 32.5 Å².